The number of aliphatic hydroxyl groups excluding tert-OH is 1. The van der Waals surface area contributed by atoms with Gasteiger partial charge in [-0.1, -0.05) is 35.3 Å². The van der Waals surface area contributed by atoms with Crippen molar-refractivity contribution in [2.75, 3.05) is 20.3 Å². The van der Waals surface area contributed by atoms with E-state index in [4.69, 9.17) is 32.7 Å². The molecule has 0 heterocycles. The molecule has 146 valence electrons. The molecule has 0 saturated carbocycles. The summed E-state index contributed by atoms with van der Waals surface area (Å²) in [5.41, 5.74) is 0.683. The molecule has 5 nitrogen and oxygen atoms in total. The summed E-state index contributed by atoms with van der Waals surface area (Å²) in [6.07, 6.45) is -0.376. The Morgan fingerprint density at radius 2 is 2.04 bits per heavy atom. The van der Waals surface area contributed by atoms with Gasteiger partial charge >= 0.3 is 0 Å². The Morgan fingerprint density at radius 3 is 2.74 bits per heavy atom. The first-order chi connectivity index (χ1) is 12.9. The van der Waals surface area contributed by atoms with Crippen LogP contribution in [0, 0.1) is 5.82 Å². The quantitative estimate of drug-likeness (QED) is 0.655. The monoisotopic (exact) mass is 415 g/mol. The molecule has 0 radical (unpaired) electrons. The molecule has 2 aromatic rings. The molecule has 0 aliphatic heterocycles. The summed E-state index contributed by atoms with van der Waals surface area (Å²) >= 11 is 11.9. The molecule has 2 rings (SSSR count). The topological polar surface area (TPSA) is 67.8 Å². The Balaban J connectivity index is 1.71. The Labute approximate surface area is 167 Å². The number of ether oxygens (including phenoxy) is 2. The maximum Gasteiger partial charge on any atom is 0.220 e. The molecule has 0 fully saturated rings. The maximum absolute atomic E-state index is 13.6. The number of aliphatic hydroxyl groups is 1. The summed E-state index contributed by atoms with van der Waals surface area (Å²) in [6, 6.07) is 9.50. The lowest BCUT2D eigenvalue weighted by Crippen LogP contribution is -2.35. The van der Waals surface area contributed by atoms with Gasteiger partial charge in [0.2, 0.25) is 5.91 Å². The van der Waals surface area contributed by atoms with E-state index in [1.165, 1.54) is 19.2 Å². The number of carbonyl (C=O) groups excluding carboxylic acids is 1. The number of benzene rings is 2. The highest BCUT2D eigenvalue weighted by Gasteiger charge is 2.11. The van der Waals surface area contributed by atoms with Crippen molar-refractivity contribution in [1.29, 1.82) is 0 Å². The van der Waals surface area contributed by atoms with Gasteiger partial charge in [0.1, 0.15) is 23.5 Å². The SMILES string of the molecule is COc1ccc(CCC(=O)NCC(O)COc2cccc(Cl)c2Cl)cc1F. The average molecular weight is 416 g/mol. The third-order valence-electron chi connectivity index (χ3n) is 3.74. The van der Waals surface area contributed by atoms with Gasteiger partial charge in [0.05, 0.1) is 12.1 Å². The molecule has 2 aromatic carbocycles. The lowest BCUT2D eigenvalue weighted by atomic mass is 10.1. The number of rotatable bonds is 9. The molecule has 8 heteroatoms. The highest BCUT2D eigenvalue weighted by atomic mass is 35.5. The van der Waals surface area contributed by atoms with Gasteiger partial charge in [0, 0.05) is 13.0 Å². The minimum absolute atomic E-state index is 0.0218. The first kappa shape index (κ1) is 21.3. The fraction of sp³-hybridized carbons (Fsp3) is 0.316. The van der Waals surface area contributed by atoms with Gasteiger partial charge in [-0.25, -0.2) is 4.39 Å². The van der Waals surface area contributed by atoms with E-state index in [1.54, 1.807) is 24.3 Å². The molecule has 0 aromatic heterocycles. The predicted octanol–water partition coefficient (Wildman–Crippen LogP) is 3.63. The lowest BCUT2D eigenvalue weighted by Gasteiger charge is -2.14. The van der Waals surface area contributed by atoms with Gasteiger partial charge in [0.15, 0.2) is 11.6 Å². The van der Waals surface area contributed by atoms with E-state index in [9.17, 15) is 14.3 Å². The largest absolute Gasteiger partial charge is 0.494 e. The number of hydrogen-bond acceptors (Lipinski definition) is 4. The summed E-state index contributed by atoms with van der Waals surface area (Å²) in [5.74, 6) is -0.212. The molecular formula is C19H20Cl2FNO4. The Hall–Kier alpha value is -2.02. The van der Waals surface area contributed by atoms with E-state index in [1.807, 2.05) is 0 Å². The lowest BCUT2D eigenvalue weighted by molar-refractivity contribution is -0.121. The number of halogens is 3. The molecule has 0 bridgehead atoms. The number of amides is 1. The van der Waals surface area contributed by atoms with Crippen molar-refractivity contribution in [3.8, 4) is 11.5 Å². The second kappa shape index (κ2) is 10.3. The fourth-order valence-electron chi connectivity index (χ4n) is 2.28. The summed E-state index contributed by atoms with van der Waals surface area (Å²) in [6.45, 7) is -0.0297. The highest BCUT2D eigenvalue weighted by Crippen LogP contribution is 2.31. The molecule has 0 aliphatic rings. The number of hydrogen-bond donors (Lipinski definition) is 2. The average Bonchev–Trinajstić information content (AvgIpc) is 2.66. The molecule has 0 saturated heterocycles. The molecule has 0 aliphatic carbocycles. The number of nitrogens with one attached hydrogen (secondary N) is 1. The third kappa shape index (κ3) is 6.57. The Morgan fingerprint density at radius 1 is 1.26 bits per heavy atom. The smallest absolute Gasteiger partial charge is 0.220 e. The predicted molar refractivity (Wildman–Crippen MR) is 102 cm³/mol. The van der Waals surface area contributed by atoms with Crippen LogP contribution in [-0.2, 0) is 11.2 Å². The van der Waals surface area contributed by atoms with Crippen molar-refractivity contribution in [2.24, 2.45) is 0 Å². The molecule has 2 N–H and O–H groups in total. The van der Waals surface area contributed by atoms with E-state index < -0.39 is 11.9 Å². The van der Waals surface area contributed by atoms with Crippen LogP contribution in [0.3, 0.4) is 0 Å². The van der Waals surface area contributed by atoms with E-state index in [2.05, 4.69) is 5.32 Å². The molecular weight excluding hydrogens is 396 g/mol. The van der Waals surface area contributed by atoms with E-state index in [0.717, 1.165) is 0 Å². The van der Waals surface area contributed by atoms with Crippen molar-refractivity contribution < 1.29 is 23.8 Å². The molecule has 27 heavy (non-hydrogen) atoms. The first-order valence-electron chi connectivity index (χ1n) is 8.24. The number of methoxy groups -OCH3 is 1. The van der Waals surface area contributed by atoms with Crippen LogP contribution in [0.2, 0.25) is 10.0 Å². The zero-order valence-electron chi connectivity index (χ0n) is 14.7. The van der Waals surface area contributed by atoms with Crippen molar-refractivity contribution in [3.05, 3.63) is 57.8 Å². The van der Waals surface area contributed by atoms with Crippen molar-refractivity contribution in [2.45, 2.75) is 18.9 Å². The number of carbonyl (C=O) groups is 1. The van der Waals surface area contributed by atoms with Crippen molar-refractivity contribution in [3.63, 3.8) is 0 Å². The van der Waals surface area contributed by atoms with Crippen LogP contribution in [0.25, 0.3) is 0 Å². The van der Waals surface area contributed by atoms with Crippen LogP contribution < -0.4 is 14.8 Å². The zero-order valence-corrected chi connectivity index (χ0v) is 16.2. The summed E-state index contributed by atoms with van der Waals surface area (Å²) in [5, 5.41) is 13.1. The van der Waals surface area contributed by atoms with Crippen molar-refractivity contribution >= 4 is 29.1 Å². The van der Waals surface area contributed by atoms with Gasteiger partial charge in [0.25, 0.3) is 0 Å². The van der Waals surface area contributed by atoms with Crippen LogP contribution >= 0.6 is 23.2 Å². The second-order valence-corrected chi connectivity index (χ2v) is 6.57. The molecule has 0 spiro atoms. The summed E-state index contributed by atoms with van der Waals surface area (Å²) in [7, 11) is 1.39. The summed E-state index contributed by atoms with van der Waals surface area (Å²) in [4.78, 5) is 11.9. The standard InChI is InChI=1S/C19H20Cl2FNO4/c1-26-16-7-5-12(9-15(16)22)6-8-18(25)23-10-13(24)11-27-17-4-2-3-14(20)19(17)21/h2-5,7,9,13,24H,6,8,10-11H2,1H3,(H,23,25). The molecule has 1 amide bonds. The normalized spacial score (nSPS) is 11.7. The molecule has 1 unspecified atom stereocenters. The van der Waals surface area contributed by atoms with Gasteiger partial charge in [-0.15, -0.1) is 0 Å². The van der Waals surface area contributed by atoms with Crippen LogP contribution in [0.5, 0.6) is 11.5 Å². The third-order valence-corrected chi connectivity index (χ3v) is 4.54. The van der Waals surface area contributed by atoms with Gasteiger partial charge in [-0.3, -0.25) is 4.79 Å². The zero-order chi connectivity index (χ0) is 19.8. The second-order valence-electron chi connectivity index (χ2n) is 5.79. The fourth-order valence-corrected chi connectivity index (χ4v) is 2.63. The minimum atomic E-state index is -0.914. The highest BCUT2D eigenvalue weighted by molar-refractivity contribution is 6.42. The van der Waals surface area contributed by atoms with Crippen LogP contribution in [0.15, 0.2) is 36.4 Å². The Bertz CT molecular complexity index is 788. The maximum atomic E-state index is 13.6. The van der Waals surface area contributed by atoms with Gasteiger partial charge in [-0.2, -0.15) is 0 Å². The van der Waals surface area contributed by atoms with Crippen LogP contribution in [-0.4, -0.2) is 37.4 Å². The Kier molecular flexibility index (Phi) is 8.16. The molecule has 1 atom stereocenters. The van der Waals surface area contributed by atoms with Gasteiger partial charge in [-0.05, 0) is 36.2 Å². The van der Waals surface area contributed by atoms with E-state index in [-0.39, 0.29) is 36.3 Å². The number of aryl methyl sites for hydroxylation is 1. The van der Waals surface area contributed by atoms with Crippen molar-refractivity contribution in [1.82, 2.24) is 5.32 Å². The van der Waals surface area contributed by atoms with E-state index in [0.29, 0.717) is 22.8 Å². The summed E-state index contributed by atoms with van der Waals surface area (Å²) < 4.78 is 23.9. The van der Waals surface area contributed by atoms with E-state index >= 15 is 0 Å². The van der Waals surface area contributed by atoms with Crippen LogP contribution in [0.4, 0.5) is 4.39 Å². The minimum Gasteiger partial charge on any atom is -0.494 e. The first-order valence-corrected chi connectivity index (χ1v) is 9.00. The van der Waals surface area contributed by atoms with Gasteiger partial charge < -0.3 is 19.9 Å². The van der Waals surface area contributed by atoms with Crippen LogP contribution in [0.1, 0.15) is 12.0 Å².